The van der Waals surface area contributed by atoms with E-state index in [1.165, 1.54) is 0 Å². The lowest BCUT2D eigenvalue weighted by molar-refractivity contribution is 0.321. The summed E-state index contributed by atoms with van der Waals surface area (Å²) in [5, 5.41) is 12.2. The molecule has 0 aliphatic carbocycles. The van der Waals surface area contributed by atoms with Crippen LogP contribution in [-0.2, 0) is 5.54 Å². The number of hydrogen-bond donors (Lipinski definition) is 0. The van der Waals surface area contributed by atoms with E-state index in [0.29, 0.717) is 0 Å². The smallest absolute Gasteiger partial charge is 0.209 e. The van der Waals surface area contributed by atoms with E-state index < -0.39 is 0 Å². The summed E-state index contributed by atoms with van der Waals surface area (Å²) in [6, 6.07) is 0. The van der Waals surface area contributed by atoms with Crippen LogP contribution in [0.15, 0.2) is 5.16 Å². The molecule has 0 unspecified atom stereocenters. The first-order valence-electron chi connectivity index (χ1n) is 3.38. The van der Waals surface area contributed by atoms with E-state index in [1.54, 1.807) is 11.8 Å². The summed E-state index contributed by atoms with van der Waals surface area (Å²) in [5.41, 5.74) is -0.0259. The molecule has 1 rings (SSSR count). The third kappa shape index (κ3) is 1.71. The highest BCUT2D eigenvalue weighted by Crippen LogP contribution is 2.18. The van der Waals surface area contributed by atoms with Crippen LogP contribution in [0.2, 0.25) is 0 Å². The minimum absolute atomic E-state index is 0.0259. The van der Waals surface area contributed by atoms with Crippen molar-refractivity contribution < 1.29 is 0 Å². The molecule has 0 atom stereocenters. The van der Waals surface area contributed by atoms with E-state index in [9.17, 15) is 0 Å². The van der Waals surface area contributed by atoms with Gasteiger partial charge < -0.3 is 0 Å². The van der Waals surface area contributed by atoms with Crippen molar-refractivity contribution in [3.63, 3.8) is 0 Å². The zero-order chi connectivity index (χ0) is 8.48. The average molecular weight is 172 g/mol. The molecule has 0 fully saturated rings. The minimum Gasteiger partial charge on any atom is -0.215 e. The third-order valence-electron chi connectivity index (χ3n) is 1.26. The van der Waals surface area contributed by atoms with Crippen molar-refractivity contribution in [1.82, 2.24) is 20.2 Å². The summed E-state index contributed by atoms with van der Waals surface area (Å²) in [6.07, 6.45) is 1.97. The molecular formula is C6H12N4S. The van der Waals surface area contributed by atoms with Crippen molar-refractivity contribution >= 4 is 11.8 Å². The maximum Gasteiger partial charge on any atom is 0.209 e. The summed E-state index contributed by atoms with van der Waals surface area (Å²) in [4.78, 5) is 0. The van der Waals surface area contributed by atoms with Crippen molar-refractivity contribution in [2.75, 3.05) is 6.26 Å². The Morgan fingerprint density at radius 3 is 2.36 bits per heavy atom. The van der Waals surface area contributed by atoms with Gasteiger partial charge >= 0.3 is 0 Å². The highest BCUT2D eigenvalue weighted by Gasteiger charge is 2.18. The first-order valence-corrected chi connectivity index (χ1v) is 4.61. The van der Waals surface area contributed by atoms with E-state index in [2.05, 4.69) is 36.3 Å². The van der Waals surface area contributed by atoms with Crippen LogP contribution in [0.5, 0.6) is 0 Å². The lowest BCUT2D eigenvalue weighted by Crippen LogP contribution is -2.24. The summed E-state index contributed by atoms with van der Waals surface area (Å²) in [6.45, 7) is 6.22. The molecule has 0 spiro atoms. The molecular weight excluding hydrogens is 160 g/mol. The summed E-state index contributed by atoms with van der Waals surface area (Å²) in [7, 11) is 0. The molecule has 0 aromatic carbocycles. The molecule has 1 aromatic heterocycles. The van der Waals surface area contributed by atoms with Gasteiger partial charge in [0.15, 0.2) is 0 Å². The Morgan fingerprint density at radius 2 is 2.00 bits per heavy atom. The van der Waals surface area contributed by atoms with E-state index in [0.717, 1.165) is 5.16 Å². The molecule has 4 nitrogen and oxygen atoms in total. The normalized spacial score (nSPS) is 12.0. The molecule has 0 N–H and O–H groups in total. The third-order valence-corrected chi connectivity index (χ3v) is 1.88. The second-order valence-electron chi connectivity index (χ2n) is 3.25. The van der Waals surface area contributed by atoms with Crippen LogP contribution in [0.1, 0.15) is 20.8 Å². The van der Waals surface area contributed by atoms with Gasteiger partial charge in [-0.25, -0.2) is 4.68 Å². The van der Waals surface area contributed by atoms with Crippen LogP contribution < -0.4 is 0 Å². The highest BCUT2D eigenvalue weighted by molar-refractivity contribution is 7.98. The van der Waals surface area contributed by atoms with Crippen LogP contribution in [-0.4, -0.2) is 26.5 Å². The van der Waals surface area contributed by atoms with Gasteiger partial charge in [0.2, 0.25) is 5.16 Å². The lowest BCUT2D eigenvalue weighted by Gasteiger charge is -2.18. The van der Waals surface area contributed by atoms with Gasteiger partial charge in [-0.2, -0.15) is 0 Å². The van der Waals surface area contributed by atoms with Gasteiger partial charge in [-0.3, -0.25) is 0 Å². The zero-order valence-electron chi connectivity index (χ0n) is 7.20. The maximum absolute atomic E-state index is 3.89. The van der Waals surface area contributed by atoms with Crippen molar-refractivity contribution in [3.8, 4) is 0 Å². The van der Waals surface area contributed by atoms with E-state index in [-0.39, 0.29) is 5.54 Å². The van der Waals surface area contributed by atoms with Crippen LogP contribution in [0.3, 0.4) is 0 Å². The topological polar surface area (TPSA) is 43.6 Å². The Bertz CT molecular complexity index is 237. The number of nitrogens with zero attached hydrogens (tertiary/aromatic N) is 4. The monoisotopic (exact) mass is 172 g/mol. The molecule has 0 bridgehead atoms. The predicted molar refractivity (Wildman–Crippen MR) is 44.6 cm³/mol. The maximum atomic E-state index is 3.89. The number of thioether (sulfide) groups is 1. The van der Waals surface area contributed by atoms with Crippen molar-refractivity contribution in [3.05, 3.63) is 0 Å². The van der Waals surface area contributed by atoms with Gasteiger partial charge in [0, 0.05) is 0 Å². The second kappa shape index (κ2) is 2.81. The molecule has 5 heteroatoms. The number of aromatic nitrogens is 4. The first kappa shape index (κ1) is 8.52. The Labute approximate surface area is 70.4 Å². The van der Waals surface area contributed by atoms with Crippen molar-refractivity contribution in [2.24, 2.45) is 0 Å². The highest BCUT2D eigenvalue weighted by atomic mass is 32.2. The van der Waals surface area contributed by atoms with Crippen molar-refractivity contribution in [1.29, 1.82) is 0 Å². The SMILES string of the molecule is CSc1nnnn1C(C)(C)C. The number of hydrogen-bond acceptors (Lipinski definition) is 4. The number of rotatable bonds is 1. The summed E-state index contributed by atoms with van der Waals surface area (Å²) in [5.74, 6) is 0. The van der Waals surface area contributed by atoms with E-state index >= 15 is 0 Å². The van der Waals surface area contributed by atoms with E-state index in [1.807, 2.05) is 10.9 Å². The largest absolute Gasteiger partial charge is 0.215 e. The summed E-state index contributed by atoms with van der Waals surface area (Å²) >= 11 is 1.56. The fraction of sp³-hybridized carbons (Fsp3) is 0.833. The average Bonchev–Trinajstić information content (AvgIpc) is 2.31. The standard InChI is InChI=1S/C6H12N4S/c1-6(2,3)10-5(11-4)7-8-9-10/h1-4H3. The van der Waals surface area contributed by atoms with Crippen LogP contribution in [0.4, 0.5) is 0 Å². The minimum atomic E-state index is -0.0259. The molecule has 0 aliphatic rings. The quantitative estimate of drug-likeness (QED) is 0.596. The Balaban J connectivity index is 3.02. The van der Waals surface area contributed by atoms with Gasteiger partial charge in [-0.15, -0.1) is 5.10 Å². The first-order chi connectivity index (χ1) is 5.05. The Morgan fingerprint density at radius 1 is 1.36 bits per heavy atom. The molecule has 0 radical (unpaired) electrons. The molecule has 0 aliphatic heterocycles. The fourth-order valence-electron chi connectivity index (χ4n) is 0.727. The Kier molecular flexibility index (Phi) is 2.17. The van der Waals surface area contributed by atoms with Crippen LogP contribution in [0.25, 0.3) is 0 Å². The van der Waals surface area contributed by atoms with Gasteiger partial charge in [0.05, 0.1) is 5.54 Å². The molecule has 0 amide bonds. The van der Waals surface area contributed by atoms with Crippen molar-refractivity contribution in [2.45, 2.75) is 31.5 Å². The van der Waals surface area contributed by atoms with E-state index in [4.69, 9.17) is 0 Å². The molecule has 0 saturated heterocycles. The van der Waals surface area contributed by atoms with Crippen LogP contribution in [0, 0.1) is 0 Å². The van der Waals surface area contributed by atoms with Gasteiger partial charge in [-0.1, -0.05) is 11.8 Å². The molecule has 1 heterocycles. The Hall–Kier alpha value is -0.580. The van der Waals surface area contributed by atoms with Gasteiger partial charge in [0.25, 0.3) is 0 Å². The molecule has 11 heavy (non-hydrogen) atoms. The van der Waals surface area contributed by atoms with Gasteiger partial charge in [-0.05, 0) is 37.5 Å². The lowest BCUT2D eigenvalue weighted by atomic mass is 10.1. The molecule has 0 saturated carbocycles. The van der Waals surface area contributed by atoms with Gasteiger partial charge in [0.1, 0.15) is 0 Å². The second-order valence-corrected chi connectivity index (χ2v) is 4.02. The molecule has 62 valence electrons. The molecule has 1 aromatic rings. The summed E-state index contributed by atoms with van der Waals surface area (Å²) < 4.78 is 1.82. The predicted octanol–water partition coefficient (Wildman–Crippen LogP) is 1.15. The zero-order valence-corrected chi connectivity index (χ0v) is 8.01. The van der Waals surface area contributed by atoms with Crippen LogP contribution >= 0.6 is 11.8 Å². The fourth-order valence-corrected chi connectivity index (χ4v) is 1.33. The number of tetrazole rings is 1.